The van der Waals surface area contributed by atoms with Gasteiger partial charge in [-0.05, 0) is 48.2 Å². The van der Waals surface area contributed by atoms with Gasteiger partial charge in [0.05, 0.1) is 5.69 Å². The van der Waals surface area contributed by atoms with Crippen molar-refractivity contribution in [2.24, 2.45) is 0 Å². The maximum atomic E-state index is 15.0. The van der Waals surface area contributed by atoms with E-state index >= 15 is 0 Å². The number of hydrogen-bond donors (Lipinski definition) is 1. The lowest BCUT2D eigenvalue weighted by atomic mass is 9.92. The summed E-state index contributed by atoms with van der Waals surface area (Å²) in [6.45, 7) is -0.0907. The number of rotatable bonds is 6. The van der Waals surface area contributed by atoms with Gasteiger partial charge in [0.25, 0.3) is 0 Å². The van der Waals surface area contributed by atoms with Crippen LogP contribution in [0.2, 0.25) is 0 Å². The lowest BCUT2D eigenvalue weighted by molar-refractivity contribution is -0.164. The van der Waals surface area contributed by atoms with Crippen molar-refractivity contribution in [3.63, 3.8) is 0 Å². The van der Waals surface area contributed by atoms with Crippen molar-refractivity contribution < 1.29 is 18.7 Å². The van der Waals surface area contributed by atoms with Gasteiger partial charge in [-0.3, -0.25) is 4.90 Å². The summed E-state index contributed by atoms with van der Waals surface area (Å²) in [6.07, 6.45) is 2.12. The number of nitrogens with zero attached hydrogens (tertiary/aromatic N) is 3. The van der Waals surface area contributed by atoms with E-state index in [1.165, 1.54) is 23.0 Å². The fourth-order valence-electron chi connectivity index (χ4n) is 4.77. The van der Waals surface area contributed by atoms with Gasteiger partial charge in [0.1, 0.15) is 21.2 Å². The number of aliphatic carboxylic acids is 1. The smallest absolute Gasteiger partial charge is 0.344 e. The summed E-state index contributed by atoms with van der Waals surface area (Å²) >= 11 is 1.37. The molecule has 2 fully saturated rings. The van der Waals surface area contributed by atoms with Crippen LogP contribution in [0.3, 0.4) is 0 Å². The predicted molar refractivity (Wildman–Crippen MR) is 126 cm³/mol. The van der Waals surface area contributed by atoms with Gasteiger partial charge in [-0.25, -0.2) is 23.5 Å². The molecule has 2 aliphatic rings. The van der Waals surface area contributed by atoms with E-state index in [1.807, 2.05) is 30.3 Å². The number of alkyl halides is 1. The molecule has 0 bridgehead atoms. The van der Waals surface area contributed by atoms with Crippen LogP contribution in [0.1, 0.15) is 29.7 Å². The van der Waals surface area contributed by atoms with Crippen molar-refractivity contribution in [1.82, 2.24) is 14.9 Å². The number of hydrogen-bond acceptors (Lipinski definition) is 5. The third-order valence-electron chi connectivity index (χ3n) is 6.82. The van der Waals surface area contributed by atoms with E-state index in [0.717, 1.165) is 28.9 Å². The van der Waals surface area contributed by atoms with Gasteiger partial charge in [-0.1, -0.05) is 47.7 Å². The number of likely N-dealkylation sites (tertiary alicyclic amines) is 1. The Morgan fingerprint density at radius 2 is 1.82 bits per heavy atom. The Morgan fingerprint density at radius 1 is 1.06 bits per heavy atom. The number of aromatic nitrogens is 2. The highest BCUT2D eigenvalue weighted by atomic mass is 32.1. The fourth-order valence-corrected chi connectivity index (χ4v) is 5.74. The molecule has 8 heteroatoms. The SMILES string of the molecule is O=C(O)C1(F)CN(Cc2ccc(-c3nc4ccc(C5(c6ccccc6)CC5)nc4s3)c(F)c2)C1. The topological polar surface area (TPSA) is 66.3 Å². The molecular formula is C26H21F2N3O2S. The molecule has 3 heterocycles. The number of fused-ring (bicyclic) bond motifs is 1. The number of halogens is 2. The molecule has 0 spiro atoms. The van der Waals surface area contributed by atoms with Gasteiger partial charge < -0.3 is 5.11 Å². The van der Waals surface area contributed by atoms with Gasteiger partial charge in [0, 0.05) is 30.6 Å². The van der Waals surface area contributed by atoms with Gasteiger partial charge in [0.2, 0.25) is 5.67 Å². The molecule has 1 aliphatic heterocycles. The van der Waals surface area contributed by atoms with Gasteiger partial charge in [-0.15, -0.1) is 0 Å². The Morgan fingerprint density at radius 3 is 2.50 bits per heavy atom. The minimum absolute atomic E-state index is 0.0405. The summed E-state index contributed by atoms with van der Waals surface area (Å²) in [5.74, 6) is -1.86. The first kappa shape index (κ1) is 21.3. The molecule has 172 valence electrons. The second-order valence-electron chi connectivity index (χ2n) is 9.22. The normalized spacial score (nSPS) is 18.5. The van der Waals surface area contributed by atoms with E-state index in [-0.39, 0.29) is 18.5 Å². The van der Waals surface area contributed by atoms with E-state index in [4.69, 9.17) is 10.1 Å². The minimum atomic E-state index is -2.20. The lowest BCUT2D eigenvalue weighted by Crippen LogP contribution is -2.62. The van der Waals surface area contributed by atoms with E-state index in [2.05, 4.69) is 17.1 Å². The third-order valence-corrected chi connectivity index (χ3v) is 7.82. The Bertz CT molecular complexity index is 1410. The zero-order chi connectivity index (χ0) is 23.5. The summed E-state index contributed by atoms with van der Waals surface area (Å²) < 4.78 is 28.9. The quantitative estimate of drug-likeness (QED) is 0.414. The van der Waals surface area contributed by atoms with Crippen molar-refractivity contribution >= 4 is 27.7 Å². The Hall–Kier alpha value is -3.23. The van der Waals surface area contributed by atoms with Crippen molar-refractivity contribution in [2.45, 2.75) is 30.5 Å². The average Bonchev–Trinajstić information content (AvgIpc) is 3.51. The van der Waals surface area contributed by atoms with Crippen LogP contribution in [0, 0.1) is 5.82 Å². The van der Waals surface area contributed by atoms with Crippen LogP contribution in [0.25, 0.3) is 20.9 Å². The second kappa shape index (κ2) is 7.65. The molecule has 0 radical (unpaired) electrons. The number of carbonyl (C=O) groups is 1. The van der Waals surface area contributed by atoms with Gasteiger partial charge in [-0.2, -0.15) is 0 Å². The third kappa shape index (κ3) is 3.49. The Labute approximate surface area is 198 Å². The van der Waals surface area contributed by atoms with Crippen LogP contribution < -0.4 is 0 Å². The molecule has 0 atom stereocenters. The van der Waals surface area contributed by atoms with E-state index in [0.29, 0.717) is 22.7 Å². The number of carboxylic acids is 1. The maximum absolute atomic E-state index is 15.0. The molecule has 0 amide bonds. The highest BCUT2D eigenvalue weighted by molar-refractivity contribution is 7.21. The van der Waals surface area contributed by atoms with E-state index < -0.39 is 17.5 Å². The molecule has 4 aromatic rings. The highest BCUT2D eigenvalue weighted by Crippen LogP contribution is 2.53. The van der Waals surface area contributed by atoms with Crippen molar-refractivity contribution in [3.8, 4) is 10.6 Å². The average molecular weight is 478 g/mol. The van der Waals surface area contributed by atoms with Crippen molar-refractivity contribution in [3.05, 3.63) is 83.3 Å². The Balaban J connectivity index is 1.24. The molecule has 0 unspecified atom stereocenters. The highest BCUT2D eigenvalue weighted by Gasteiger charge is 2.50. The summed E-state index contributed by atoms with van der Waals surface area (Å²) in [5.41, 5.74) is 1.84. The van der Waals surface area contributed by atoms with Crippen LogP contribution >= 0.6 is 11.3 Å². The van der Waals surface area contributed by atoms with Crippen LogP contribution in [-0.2, 0) is 16.8 Å². The van der Waals surface area contributed by atoms with Crippen molar-refractivity contribution in [2.75, 3.05) is 13.1 Å². The summed E-state index contributed by atoms with van der Waals surface area (Å²) in [7, 11) is 0. The number of benzene rings is 2. The van der Waals surface area contributed by atoms with Crippen LogP contribution in [0.15, 0.2) is 60.7 Å². The molecule has 2 aromatic heterocycles. The molecular weight excluding hydrogens is 456 g/mol. The molecule has 6 rings (SSSR count). The molecule has 1 saturated carbocycles. The predicted octanol–water partition coefficient (Wildman–Crippen LogP) is 5.19. The summed E-state index contributed by atoms with van der Waals surface area (Å²) in [5, 5.41) is 9.45. The number of thiazole rings is 1. The van der Waals surface area contributed by atoms with Crippen LogP contribution in [0.5, 0.6) is 0 Å². The van der Waals surface area contributed by atoms with Gasteiger partial charge >= 0.3 is 5.97 Å². The first-order chi connectivity index (χ1) is 16.4. The van der Waals surface area contributed by atoms with Crippen LogP contribution in [0.4, 0.5) is 8.78 Å². The molecule has 2 aromatic carbocycles. The first-order valence-corrected chi connectivity index (χ1v) is 12.0. The molecule has 34 heavy (non-hydrogen) atoms. The molecule has 1 aliphatic carbocycles. The van der Waals surface area contributed by atoms with E-state index in [9.17, 15) is 13.6 Å². The maximum Gasteiger partial charge on any atom is 0.344 e. The van der Waals surface area contributed by atoms with E-state index in [1.54, 1.807) is 17.0 Å². The first-order valence-electron chi connectivity index (χ1n) is 11.1. The lowest BCUT2D eigenvalue weighted by Gasteiger charge is -2.41. The number of carboxylic acid groups (broad SMARTS) is 1. The zero-order valence-electron chi connectivity index (χ0n) is 18.2. The Kier molecular flexibility index (Phi) is 4.79. The molecule has 1 saturated heterocycles. The monoisotopic (exact) mass is 477 g/mol. The largest absolute Gasteiger partial charge is 0.479 e. The summed E-state index contributed by atoms with van der Waals surface area (Å²) in [6, 6.07) is 19.2. The minimum Gasteiger partial charge on any atom is -0.479 e. The standard InChI is InChI=1S/C26H21F2N3O2S/c27-19-12-16(13-31-14-26(28,15-31)24(32)33)6-7-18(19)22-29-20-8-9-21(30-23(20)34-22)25(10-11-25)17-4-2-1-3-5-17/h1-9,12H,10-11,13-15H2,(H,32,33). The van der Waals surface area contributed by atoms with Gasteiger partial charge in [0.15, 0.2) is 0 Å². The fraction of sp³-hybridized carbons (Fsp3) is 0.269. The molecule has 5 nitrogen and oxygen atoms in total. The van der Waals surface area contributed by atoms with Crippen LogP contribution in [-0.4, -0.2) is 44.7 Å². The summed E-state index contributed by atoms with van der Waals surface area (Å²) in [4.78, 5) is 22.9. The number of pyridine rings is 1. The second-order valence-corrected chi connectivity index (χ2v) is 10.2. The zero-order valence-corrected chi connectivity index (χ0v) is 19.0. The van der Waals surface area contributed by atoms with Crippen molar-refractivity contribution in [1.29, 1.82) is 0 Å². The molecule has 1 N–H and O–H groups in total.